The molecule has 1 unspecified atom stereocenters. The molecule has 0 aliphatic carbocycles. The highest BCUT2D eigenvalue weighted by molar-refractivity contribution is 7.92. The molecule has 7 heteroatoms. The molecule has 0 saturated heterocycles. The Morgan fingerprint density at radius 1 is 1.12 bits per heavy atom. The van der Waals surface area contributed by atoms with Crippen LogP contribution >= 0.6 is 0 Å². The predicted molar refractivity (Wildman–Crippen MR) is 102 cm³/mol. The van der Waals surface area contributed by atoms with Crippen LogP contribution in [0.15, 0.2) is 53.4 Å². The maximum atomic E-state index is 12.5. The summed E-state index contributed by atoms with van der Waals surface area (Å²) in [6, 6.07) is 13.2. The highest BCUT2D eigenvalue weighted by atomic mass is 32.2. The summed E-state index contributed by atoms with van der Waals surface area (Å²) in [6.45, 7) is 5.62. The van der Waals surface area contributed by atoms with Crippen LogP contribution in [0, 0.1) is 6.92 Å². The van der Waals surface area contributed by atoms with Crippen molar-refractivity contribution in [3.63, 3.8) is 0 Å². The molecule has 2 N–H and O–H groups in total. The Morgan fingerprint density at radius 2 is 1.77 bits per heavy atom. The molecule has 1 atom stereocenters. The SMILES string of the molecule is CCC(C)NC(=O)COc1ccc(S(=O)(=O)Nc2ccccc2C)cc1. The highest BCUT2D eigenvalue weighted by Crippen LogP contribution is 2.21. The van der Waals surface area contributed by atoms with Gasteiger partial charge in [-0.2, -0.15) is 0 Å². The molecule has 2 rings (SSSR count). The van der Waals surface area contributed by atoms with Gasteiger partial charge in [-0.3, -0.25) is 9.52 Å². The van der Waals surface area contributed by atoms with Gasteiger partial charge in [0.2, 0.25) is 0 Å². The fourth-order valence-electron chi connectivity index (χ4n) is 2.17. The monoisotopic (exact) mass is 376 g/mol. The van der Waals surface area contributed by atoms with E-state index in [0.29, 0.717) is 11.4 Å². The Morgan fingerprint density at radius 3 is 2.38 bits per heavy atom. The van der Waals surface area contributed by atoms with E-state index in [1.165, 1.54) is 24.3 Å². The Kier molecular flexibility index (Phi) is 6.63. The first-order valence-electron chi connectivity index (χ1n) is 8.42. The molecule has 26 heavy (non-hydrogen) atoms. The lowest BCUT2D eigenvalue weighted by Crippen LogP contribution is -2.35. The zero-order valence-electron chi connectivity index (χ0n) is 15.2. The number of sulfonamides is 1. The van der Waals surface area contributed by atoms with Gasteiger partial charge in [0.15, 0.2) is 6.61 Å². The molecular weight excluding hydrogens is 352 g/mol. The molecule has 140 valence electrons. The number of nitrogens with one attached hydrogen (secondary N) is 2. The van der Waals surface area contributed by atoms with Crippen LogP contribution in [0.1, 0.15) is 25.8 Å². The molecule has 0 aromatic heterocycles. The molecule has 0 aliphatic heterocycles. The second kappa shape index (κ2) is 8.71. The molecular formula is C19H24N2O4S. The molecule has 1 amide bonds. The third-order valence-electron chi connectivity index (χ3n) is 3.91. The van der Waals surface area contributed by atoms with Crippen LogP contribution in [0.5, 0.6) is 5.75 Å². The van der Waals surface area contributed by atoms with E-state index in [-0.39, 0.29) is 23.5 Å². The minimum atomic E-state index is -3.69. The summed E-state index contributed by atoms with van der Waals surface area (Å²) in [5.41, 5.74) is 1.37. The first-order chi connectivity index (χ1) is 12.3. The topological polar surface area (TPSA) is 84.5 Å². The summed E-state index contributed by atoms with van der Waals surface area (Å²) in [6.07, 6.45) is 0.839. The van der Waals surface area contributed by atoms with Crippen molar-refractivity contribution in [2.24, 2.45) is 0 Å². The first kappa shape index (κ1) is 19.8. The summed E-state index contributed by atoms with van der Waals surface area (Å²) in [7, 11) is -3.69. The van der Waals surface area contributed by atoms with Gasteiger partial charge in [-0.15, -0.1) is 0 Å². The summed E-state index contributed by atoms with van der Waals surface area (Å²) in [4.78, 5) is 11.8. The van der Waals surface area contributed by atoms with Gasteiger partial charge >= 0.3 is 0 Å². The molecule has 0 heterocycles. The van der Waals surface area contributed by atoms with Gasteiger partial charge in [0.1, 0.15) is 5.75 Å². The molecule has 0 saturated carbocycles. The minimum Gasteiger partial charge on any atom is -0.484 e. The van der Waals surface area contributed by atoms with Crippen LogP contribution in [-0.2, 0) is 14.8 Å². The standard InChI is InChI=1S/C19H24N2O4S/c1-4-15(3)20-19(22)13-25-16-9-11-17(12-10-16)26(23,24)21-18-8-6-5-7-14(18)2/h5-12,15,21H,4,13H2,1-3H3,(H,20,22). The molecule has 6 nitrogen and oxygen atoms in total. The van der Waals surface area contributed by atoms with E-state index in [2.05, 4.69) is 10.0 Å². The number of benzene rings is 2. The van der Waals surface area contributed by atoms with Crippen LogP contribution in [0.3, 0.4) is 0 Å². The van der Waals surface area contributed by atoms with Crippen molar-refractivity contribution in [1.29, 1.82) is 0 Å². The molecule has 0 aliphatic rings. The lowest BCUT2D eigenvalue weighted by molar-refractivity contribution is -0.123. The number of hydrogen-bond donors (Lipinski definition) is 2. The van der Waals surface area contributed by atoms with Crippen molar-refractivity contribution >= 4 is 21.6 Å². The van der Waals surface area contributed by atoms with Gasteiger partial charge in [0.05, 0.1) is 10.6 Å². The average molecular weight is 376 g/mol. The van der Waals surface area contributed by atoms with Crippen LogP contribution in [0.25, 0.3) is 0 Å². The third kappa shape index (κ3) is 5.49. The molecule has 2 aromatic carbocycles. The van der Waals surface area contributed by atoms with Crippen molar-refractivity contribution in [2.75, 3.05) is 11.3 Å². The van der Waals surface area contributed by atoms with Gasteiger partial charge < -0.3 is 10.1 Å². The van der Waals surface area contributed by atoms with E-state index < -0.39 is 10.0 Å². The summed E-state index contributed by atoms with van der Waals surface area (Å²) in [5, 5.41) is 2.80. The van der Waals surface area contributed by atoms with Crippen molar-refractivity contribution in [3.05, 3.63) is 54.1 Å². The van der Waals surface area contributed by atoms with Gasteiger partial charge in [-0.1, -0.05) is 25.1 Å². The van der Waals surface area contributed by atoms with Crippen LogP contribution in [0.4, 0.5) is 5.69 Å². The fourth-order valence-corrected chi connectivity index (χ4v) is 3.30. The Hall–Kier alpha value is -2.54. The largest absolute Gasteiger partial charge is 0.484 e. The number of hydrogen-bond acceptors (Lipinski definition) is 4. The lowest BCUT2D eigenvalue weighted by atomic mass is 10.2. The number of aryl methyl sites for hydroxylation is 1. The quantitative estimate of drug-likeness (QED) is 0.741. The average Bonchev–Trinajstić information content (AvgIpc) is 2.62. The molecule has 0 spiro atoms. The fraction of sp³-hybridized carbons (Fsp3) is 0.316. The highest BCUT2D eigenvalue weighted by Gasteiger charge is 2.15. The third-order valence-corrected chi connectivity index (χ3v) is 5.29. The molecule has 0 bridgehead atoms. The Labute approximate surface area is 154 Å². The number of amides is 1. The number of carbonyl (C=O) groups is 1. The smallest absolute Gasteiger partial charge is 0.261 e. The van der Waals surface area contributed by atoms with E-state index in [1.807, 2.05) is 32.9 Å². The number of anilines is 1. The Bertz CT molecular complexity index is 848. The van der Waals surface area contributed by atoms with Crippen LogP contribution in [0.2, 0.25) is 0 Å². The summed E-state index contributed by atoms with van der Waals surface area (Å²) < 4.78 is 32.9. The zero-order chi connectivity index (χ0) is 19.2. The maximum absolute atomic E-state index is 12.5. The lowest BCUT2D eigenvalue weighted by Gasteiger charge is -2.13. The molecule has 2 aromatic rings. The van der Waals surface area contributed by atoms with Crippen molar-refractivity contribution < 1.29 is 17.9 Å². The van der Waals surface area contributed by atoms with Crippen molar-refractivity contribution in [2.45, 2.75) is 38.1 Å². The second-order valence-corrected chi connectivity index (χ2v) is 7.74. The number of para-hydroxylation sites is 1. The molecule has 0 radical (unpaired) electrons. The summed E-state index contributed by atoms with van der Waals surface area (Å²) in [5.74, 6) is 0.219. The normalized spacial score (nSPS) is 12.3. The van der Waals surface area contributed by atoms with Crippen LogP contribution in [-0.4, -0.2) is 27.0 Å². The number of rotatable bonds is 8. The van der Waals surface area contributed by atoms with Crippen molar-refractivity contribution in [3.8, 4) is 5.75 Å². The van der Waals surface area contributed by atoms with E-state index in [4.69, 9.17) is 4.74 Å². The minimum absolute atomic E-state index is 0.0890. The van der Waals surface area contributed by atoms with Crippen LogP contribution < -0.4 is 14.8 Å². The van der Waals surface area contributed by atoms with E-state index in [9.17, 15) is 13.2 Å². The van der Waals surface area contributed by atoms with Gasteiger partial charge in [-0.25, -0.2) is 8.42 Å². The van der Waals surface area contributed by atoms with E-state index in [0.717, 1.165) is 12.0 Å². The Balaban J connectivity index is 2.00. The van der Waals surface area contributed by atoms with E-state index in [1.54, 1.807) is 12.1 Å². The number of carbonyl (C=O) groups excluding carboxylic acids is 1. The summed E-state index contributed by atoms with van der Waals surface area (Å²) >= 11 is 0. The van der Waals surface area contributed by atoms with Gasteiger partial charge in [0, 0.05) is 6.04 Å². The number of ether oxygens (including phenoxy) is 1. The van der Waals surface area contributed by atoms with E-state index >= 15 is 0 Å². The first-order valence-corrected chi connectivity index (χ1v) is 9.91. The second-order valence-electron chi connectivity index (χ2n) is 6.06. The van der Waals surface area contributed by atoms with Gasteiger partial charge in [-0.05, 0) is 56.2 Å². The molecule has 0 fully saturated rings. The van der Waals surface area contributed by atoms with Crippen molar-refractivity contribution in [1.82, 2.24) is 5.32 Å². The maximum Gasteiger partial charge on any atom is 0.261 e. The zero-order valence-corrected chi connectivity index (χ0v) is 16.0. The van der Waals surface area contributed by atoms with Gasteiger partial charge in [0.25, 0.3) is 15.9 Å². The predicted octanol–water partition coefficient (Wildman–Crippen LogP) is 3.09.